The van der Waals surface area contributed by atoms with Crippen LogP contribution in [0.2, 0.25) is 0 Å². The van der Waals surface area contributed by atoms with E-state index in [-0.39, 0.29) is 53.1 Å². The third-order valence-corrected chi connectivity index (χ3v) is 3.93. The Kier molecular flexibility index (Phi) is 5.85. The minimum absolute atomic E-state index is 0. The van der Waals surface area contributed by atoms with Crippen molar-refractivity contribution in [3.8, 4) is 0 Å². The number of H-pyrrole nitrogens is 1. The van der Waals surface area contributed by atoms with Crippen LogP contribution in [0.3, 0.4) is 0 Å². The summed E-state index contributed by atoms with van der Waals surface area (Å²) in [5.74, 6) is -0.117. The number of anilines is 1. The minimum Gasteiger partial charge on any atom is -0.756 e. The molecule has 0 aliphatic carbocycles. The molecule has 1 unspecified atom stereocenters. The number of fused-ring (bicyclic) bond motifs is 1. The molecule has 2 aromatic heterocycles. The Balaban J connectivity index is 0.00000208. The quantitative estimate of drug-likeness (QED) is 0.299. The SMILES string of the molecule is Nc1nc2c(ncn2[C@H]2C[C@H](OP(=O)([O-])O)[C@@H](CO)O2)c(=O)[nH]1.[Na+]. The number of aliphatic hydroxyl groups is 1. The first-order valence-electron chi connectivity index (χ1n) is 6.49. The number of phosphoric acid groups is 1. The molecule has 1 aliphatic rings. The molecule has 0 radical (unpaired) electrons. The van der Waals surface area contributed by atoms with E-state index in [4.69, 9.17) is 15.4 Å². The Morgan fingerprint density at radius 1 is 1.62 bits per heavy atom. The van der Waals surface area contributed by atoms with Crippen molar-refractivity contribution in [1.82, 2.24) is 19.5 Å². The summed E-state index contributed by atoms with van der Waals surface area (Å²) < 4.78 is 22.2. The van der Waals surface area contributed by atoms with E-state index < -0.39 is 38.4 Å². The summed E-state index contributed by atoms with van der Waals surface area (Å²) in [6.45, 7) is -0.524. The Morgan fingerprint density at radius 3 is 2.96 bits per heavy atom. The number of ether oxygens (including phenoxy) is 1. The molecule has 3 rings (SSSR count). The van der Waals surface area contributed by atoms with Gasteiger partial charge in [-0.2, -0.15) is 4.98 Å². The molecule has 2 aromatic rings. The first kappa shape index (κ1) is 19.5. The number of aromatic nitrogens is 4. The van der Waals surface area contributed by atoms with Crippen molar-refractivity contribution in [3.05, 3.63) is 16.7 Å². The number of hydrogen-bond donors (Lipinski definition) is 4. The molecule has 14 heteroatoms. The standard InChI is InChI=1S/C10H14N5O7P.Na/c11-10-13-8-7(9(17)14-10)12-3-15(8)6-1-4(5(2-16)21-6)22-23(18,19)20;/h3-6,16H,1-2H2,(H2,18,19,20)(H3,11,13,14,17);/q;+1/p-1/t4-,5+,6+;/m0./s1. The fourth-order valence-electron chi connectivity index (χ4n) is 2.47. The average molecular weight is 369 g/mol. The second kappa shape index (κ2) is 7.20. The Morgan fingerprint density at radius 2 is 2.33 bits per heavy atom. The monoisotopic (exact) mass is 369 g/mol. The smallest absolute Gasteiger partial charge is 0.756 e. The van der Waals surface area contributed by atoms with E-state index in [1.807, 2.05) is 0 Å². The van der Waals surface area contributed by atoms with Gasteiger partial charge in [-0.1, -0.05) is 0 Å². The molecule has 3 heterocycles. The number of nitrogen functional groups attached to an aromatic ring is 1. The zero-order chi connectivity index (χ0) is 16.8. The summed E-state index contributed by atoms with van der Waals surface area (Å²) in [5.41, 5.74) is 5.13. The van der Waals surface area contributed by atoms with E-state index in [0.29, 0.717) is 0 Å². The predicted octanol–water partition coefficient (Wildman–Crippen LogP) is -5.17. The van der Waals surface area contributed by atoms with Crippen LogP contribution in [0.15, 0.2) is 11.1 Å². The molecule has 4 atom stereocenters. The summed E-state index contributed by atoms with van der Waals surface area (Å²) >= 11 is 0. The Labute approximate surface area is 156 Å². The molecule has 0 spiro atoms. The second-order valence-corrected chi connectivity index (χ2v) is 6.08. The van der Waals surface area contributed by atoms with Gasteiger partial charge in [-0.05, 0) is 0 Å². The number of imidazole rings is 1. The van der Waals surface area contributed by atoms with Crippen LogP contribution in [0.1, 0.15) is 12.6 Å². The van der Waals surface area contributed by atoms with Gasteiger partial charge in [-0.15, -0.1) is 0 Å². The van der Waals surface area contributed by atoms with Crippen LogP contribution in [0.5, 0.6) is 0 Å². The van der Waals surface area contributed by atoms with E-state index in [2.05, 4.69) is 19.5 Å². The molecule has 5 N–H and O–H groups in total. The third-order valence-electron chi connectivity index (χ3n) is 3.39. The molecule has 1 fully saturated rings. The molecule has 0 saturated carbocycles. The van der Waals surface area contributed by atoms with Gasteiger partial charge in [0.15, 0.2) is 11.2 Å². The topological polar surface area (TPSA) is 189 Å². The number of aromatic amines is 1. The third kappa shape index (κ3) is 3.87. The van der Waals surface area contributed by atoms with Crippen LogP contribution in [-0.4, -0.2) is 48.3 Å². The van der Waals surface area contributed by atoms with Gasteiger partial charge in [0.2, 0.25) is 5.95 Å². The molecule has 12 nitrogen and oxygen atoms in total. The minimum atomic E-state index is -4.99. The summed E-state index contributed by atoms with van der Waals surface area (Å²) in [5, 5.41) is 9.26. The van der Waals surface area contributed by atoms with E-state index in [1.165, 1.54) is 10.9 Å². The summed E-state index contributed by atoms with van der Waals surface area (Å²) in [6.07, 6.45) is -1.61. The Hall–Kier alpha value is -0.820. The van der Waals surface area contributed by atoms with Crippen molar-refractivity contribution in [3.63, 3.8) is 0 Å². The van der Waals surface area contributed by atoms with E-state index in [0.717, 1.165) is 0 Å². The van der Waals surface area contributed by atoms with Gasteiger partial charge in [-0.3, -0.25) is 18.9 Å². The fourth-order valence-corrected chi connectivity index (χ4v) is 3.04. The van der Waals surface area contributed by atoms with Crippen LogP contribution < -0.4 is 45.7 Å². The van der Waals surface area contributed by atoms with Crippen molar-refractivity contribution in [2.45, 2.75) is 24.9 Å². The molecule has 0 bridgehead atoms. The van der Waals surface area contributed by atoms with Gasteiger partial charge in [0.05, 0.1) is 19.0 Å². The van der Waals surface area contributed by atoms with Crippen LogP contribution in [0.25, 0.3) is 11.2 Å². The second-order valence-electron chi connectivity index (χ2n) is 4.94. The van der Waals surface area contributed by atoms with E-state index in [9.17, 15) is 19.4 Å². The Bertz CT molecular complexity index is 835. The molecular weight excluding hydrogens is 356 g/mol. The normalized spacial score (nSPS) is 26.2. The molecule has 0 amide bonds. The average Bonchev–Trinajstić information content (AvgIpc) is 3.00. The van der Waals surface area contributed by atoms with Gasteiger partial charge >= 0.3 is 29.6 Å². The first-order chi connectivity index (χ1) is 10.8. The van der Waals surface area contributed by atoms with Gasteiger partial charge < -0.3 is 29.9 Å². The van der Waals surface area contributed by atoms with Crippen molar-refractivity contribution < 1.29 is 58.3 Å². The molecule has 1 aliphatic heterocycles. The van der Waals surface area contributed by atoms with Crippen LogP contribution in [0.4, 0.5) is 5.95 Å². The number of hydrogen-bond acceptors (Lipinski definition) is 9. The van der Waals surface area contributed by atoms with Crippen molar-refractivity contribution in [1.29, 1.82) is 0 Å². The molecule has 126 valence electrons. The van der Waals surface area contributed by atoms with Crippen LogP contribution in [0, 0.1) is 0 Å². The first-order valence-corrected chi connectivity index (χ1v) is 7.99. The summed E-state index contributed by atoms with van der Waals surface area (Å²) in [7, 11) is -4.99. The molecule has 24 heavy (non-hydrogen) atoms. The van der Waals surface area contributed by atoms with Crippen molar-refractivity contribution >= 4 is 24.9 Å². The van der Waals surface area contributed by atoms with Crippen molar-refractivity contribution in [2.75, 3.05) is 12.3 Å². The number of nitrogens with two attached hydrogens (primary N) is 1. The predicted molar refractivity (Wildman–Crippen MR) is 72.9 cm³/mol. The van der Waals surface area contributed by atoms with Gasteiger partial charge in [-0.25, -0.2) is 4.98 Å². The maximum atomic E-state index is 11.7. The molecule has 1 saturated heterocycles. The van der Waals surface area contributed by atoms with Crippen LogP contribution in [-0.2, 0) is 13.8 Å². The fraction of sp³-hybridized carbons (Fsp3) is 0.500. The zero-order valence-corrected chi connectivity index (χ0v) is 15.4. The largest absolute Gasteiger partial charge is 1.00 e. The molecule has 0 aromatic carbocycles. The van der Waals surface area contributed by atoms with Gasteiger partial charge in [0.25, 0.3) is 13.4 Å². The van der Waals surface area contributed by atoms with Gasteiger partial charge in [0.1, 0.15) is 12.3 Å². The van der Waals surface area contributed by atoms with Crippen molar-refractivity contribution in [2.24, 2.45) is 0 Å². The number of rotatable bonds is 4. The van der Waals surface area contributed by atoms with Crippen LogP contribution >= 0.6 is 7.82 Å². The van der Waals surface area contributed by atoms with E-state index >= 15 is 0 Å². The zero-order valence-electron chi connectivity index (χ0n) is 12.5. The van der Waals surface area contributed by atoms with E-state index in [1.54, 1.807) is 0 Å². The number of nitrogens with zero attached hydrogens (tertiary/aromatic N) is 3. The number of nitrogens with one attached hydrogen (secondary N) is 1. The summed E-state index contributed by atoms with van der Waals surface area (Å²) in [4.78, 5) is 41.6. The number of phosphoric ester groups is 1. The van der Waals surface area contributed by atoms with Gasteiger partial charge in [0, 0.05) is 6.42 Å². The maximum absolute atomic E-state index is 11.7. The molecular formula is C10H13N5NaO7P. The number of aliphatic hydroxyl groups excluding tert-OH is 1. The maximum Gasteiger partial charge on any atom is 1.00 e. The summed E-state index contributed by atoms with van der Waals surface area (Å²) in [6, 6.07) is 0.